The minimum Gasteiger partial charge on any atom is -0.504 e. The molecule has 7 aliphatic rings. The quantitative estimate of drug-likeness (QED) is 0.536. The smallest absolute Gasteiger partial charge is 0.174 e. The molecular weight excluding hydrogens is 572 g/mol. The van der Waals surface area contributed by atoms with Crippen LogP contribution in [0.1, 0.15) is 60.8 Å². The molecule has 2 aromatic carbocycles. The van der Waals surface area contributed by atoms with Crippen LogP contribution in [-0.2, 0) is 38.0 Å². The number of benzene rings is 2. The third kappa shape index (κ3) is 3.90. The number of likely N-dealkylation sites (tertiary alicyclic amines) is 1. The monoisotopic (exact) mass is 616 g/mol. The average Bonchev–Trinajstić information content (AvgIpc) is 3.38. The molecule has 1 spiro atoms. The number of nitrogens with zero attached hydrogens (tertiary/aromatic N) is 1. The van der Waals surface area contributed by atoms with Crippen molar-refractivity contribution < 1.29 is 33.6 Å². The number of ketones is 2. The number of piperidine rings is 2. The van der Waals surface area contributed by atoms with E-state index in [9.17, 15) is 14.7 Å². The van der Waals surface area contributed by atoms with Crippen LogP contribution in [-0.4, -0.2) is 87.3 Å². The van der Waals surface area contributed by atoms with Gasteiger partial charge < -0.3 is 34.3 Å². The fourth-order valence-corrected chi connectivity index (χ4v) is 10.8. The number of ether oxygens (including phenoxy) is 4. The Labute approximate surface area is 264 Å². The number of phenols is 1. The van der Waals surface area contributed by atoms with Crippen LogP contribution in [0, 0.1) is 11.8 Å². The largest absolute Gasteiger partial charge is 0.504 e. The van der Waals surface area contributed by atoms with Gasteiger partial charge in [-0.15, -0.1) is 0 Å². The highest BCUT2D eigenvalue weighted by atomic mass is 16.5. The Morgan fingerprint density at radius 2 is 1.71 bits per heavy atom. The van der Waals surface area contributed by atoms with Crippen LogP contribution < -0.4 is 19.5 Å². The molecule has 2 saturated heterocycles. The van der Waals surface area contributed by atoms with Crippen molar-refractivity contribution in [1.82, 2.24) is 10.2 Å². The first-order valence-corrected chi connectivity index (χ1v) is 16.6. The Morgan fingerprint density at radius 1 is 0.956 bits per heavy atom. The second-order valence-corrected chi connectivity index (χ2v) is 14.3. The van der Waals surface area contributed by atoms with Crippen molar-refractivity contribution in [2.45, 2.75) is 86.5 Å². The summed E-state index contributed by atoms with van der Waals surface area (Å²) in [6, 6.07) is 8.94. The lowest BCUT2D eigenvalue weighted by Crippen LogP contribution is -2.65. The molecule has 2 saturated carbocycles. The Hall–Kier alpha value is -3.14. The number of hydrogen-bond donors (Lipinski definition) is 2. The van der Waals surface area contributed by atoms with Gasteiger partial charge in [0.2, 0.25) is 0 Å². The lowest BCUT2D eigenvalue weighted by molar-refractivity contribution is -0.141. The van der Waals surface area contributed by atoms with Gasteiger partial charge in [-0.25, -0.2) is 0 Å². The molecule has 9 nitrogen and oxygen atoms in total. The lowest BCUT2D eigenvalue weighted by atomic mass is 9.51. The molecule has 45 heavy (non-hydrogen) atoms. The van der Waals surface area contributed by atoms with E-state index in [2.05, 4.69) is 29.4 Å². The Morgan fingerprint density at radius 3 is 2.47 bits per heavy atom. The number of likely N-dealkylation sites (N-methyl/N-ethyl adjacent to an activating group) is 1. The van der Waals surface area contributed by atoms with Crippen molar-refractivity contribution in [3.05, 3.63) is 46.5 Å². The van der Waals surface area contributed by atoms with Gasteiger partial charge in [0.05, 0.1) is 14.2 Å². The van der Waals surface area contributed by atoms with Crippen molar-refractivity contribution in [3.8, 4) is 23.0 Å². The second-order valence-electron chi connectivity index (χ2n) is 14.3. The molecule has 4 aliphatic carbocycles. The number of aromatic hydroxyl groups is 1. The van der Waals surface area contributed by atoms with Crippen LogP contribution in [0.15, 0.2) is 24.3 Å². The van der Waals surface area contributed by atoms with Gasteiger partial charge in [-0.2, -0.15) is 0 Å². The van der Waals surface area contributed by atoms with Gasteiger partial charge >= 0.3 is 0 Å². The van der Waals surface area contributed by atoms with Crippen LogP contribution in [0.2, 0.25) is 0 Å². The third-order valence-electron chi connectivity index (χ3n) is 12.7. The molecule has 3 aliphatic heterocycles. The number of carbonyl (C=O) groups is 2. The number of rotatable bonds is 3. The van der Waals surface area contributed by atoms with Crippen LogP contribution in [0.3, 0.4) is 0 Å². The van der Waals surface area contributed by atoms with Gasteiger partial charge in [-0.05, 0) is 93.8 Å². The molecule has 240 valence electrons. The fourth-order valence-electron chi connectivity index (χ4n) is 10.8. The fraction of sp³-hybridized carbons (Fsp3) is 0.611. The topological polar surface area (TPSA) is 107 Å². The first-order valence-electron chi connectivity index (χ1n) is 16.6. The summed E-state index contributed by atoms with van der Waals surface area (Å²) in [6.07, 6.45) is 6.07. The van der Waals surface area contributed by atoms with E-state index in [1.165, 1.54) is 11.1 Å². The molecule has 5 unspecified atom stereocenters. The molecule has 4 bridgehead atoms. The van der Waals surface area contributed by atoms with Gasteiger partial charge in [0.25, 0.3) is 0 Å². The zero-order valence-electron chi connectivity index (χ0n) is 26.7. The number of fused-ring (bicyclic) bond motifs is 1. The summed E-state index contributed by atoms with van der Waals surface area (Å²) >= 11 is 0. The van der Waals surface area contributed by atoms with Crippen LogP contribution >= 0.6 is 0 Å². The standard InChI is InChI=1S/C19H25NO4.C17H19NO3/c1-20-7-6-19-10-14(21)16(24-3)9-12(19)13(20)8-11-4-5-15(23-2)18(22)17(11)19;1-20-13-5-2-9-8-11-10-3-4-12(19)16-17(10,6-7-18-11)14(9)15(13)21-16/h4-5,12-13,16,22H,6-10H2,1-3H3;2,5,10-11,16,18H,3-4,6-8H2,1H3/t12?,13?,16?,19-;10?,11?,16-,17-/m11/s1. The minimum absolute atomic E-state index is 0.0945. The van der Waals surface area contributed by atoms with Crippen LogP contribution in [0.4, 0.5) is 0 Å². The second kappa shape index (κ2) is 10.4. The summed E-state index contributed by atoms with van der Waals surface area (Å²) in [5.74, 6) is 3.64. The molecule has 9 rings (SSSR count). The zero-order valence-corrected chi connectivity index (χ0v) is 26.7. The van der Waals surface area contributed by atoms with Gasteiger partial charge in [0, 0.05) is 54.0 Å². The highest BCUT2D eigenvalue weighted by Gasteiger charge is 2.65. The van der Waals surface area contributed by atoms with Gasteiger partial charge in [0.15, 0.2) is 40.7 Å². The van der Waals surface area contributed by atoms with E-state index >= 15 is 0 Å². The maximum Gasteiger partial charge on any atom is 0.174 e. The number of nitrogens with one attached hydrogen (secondary N) is 1. The summed E-state index contributed by atoms with van der Waals surface area (Å²) in [7, 11) is 7.04. The van der Waals surface area contributed by atoms with Gasteiger partial charge in [-0.1, -0.05) is 12.1 Å². The summed E-state index contributed by atoms with van der Waals surface area (Å²) in [6.45, 7) is 1.92. The molecule has 8 atom stereocenters. The summed E-state index contributed by atoms with van der Waals surface area (Å²) in [5, 5.41) is 14.5. The SMILES string of the molecule is COc1ccc2c(c1O)[C@@]13CCN(C)C(C2)C1CC(OC)C(=O)C3.COc1ccc2c3c1O[C@@H]1C(=O)CCC4C(C2)NCC[C@]341. The maximum atomic E-state index is 12.7. The van der Waals surface area contributed by atoms with E-state index in [1.54, 1.807) is 21.3 Å². The molecule has 0 aromatic heterocycles. The van der Waals surface area contributed by atoms with Crippen molar-refractivity contribution >= 4 is 11.6 Å². The van der Waals surface area contributed by atoms with Crippen LogP contribution in [0.25, 0.3) is 0 Å². The summed E-state index contributed by atoms with van der Waals surface area (Å²) in [5.41, 5.74) is 4.38. The Kier molecular flexibility index (Phi) is 6.79. The van der Waals surface area contributed by atoms with Gasteiger partial charge in [-0.3, -0.25) is 9.59 Å². The highest BCUT2D eigenvalue weighted by Crippen LogP contribution is 2.62. The van der Waals surface area contributed by atoms with E-state index < -0.39 is 0 Å². The number of hydrogen-bond acceptors (Lipinski definition) is 9. The van der Waals surface area contributed by atoms with E-state index in [1.807, 2.05) is 12.1 Å². The first kappa shape index (κ1) is 29.3. The average molecular weight is 617 g/mol. The van der Waals surface area contributed by atoms with Crippen molar-refractivity contribution in [3.63, 3.8) is 0 Å². The van der Waals surface area contributed by atoms with Crippen molar-refractivity contribution in [2.24, 2.45) is 11.8 Å². The van der Waals surface area contributed by atoms with Crippen LogP contribution in [0.5, 0.6) is 23.0 Å². The molecule has 0 radical (unpaired) electrons. The number of phenolic OH excluding ortho intramolecular Hbond substituents is 1. The van der Waals surface area contributed by atoms with E-state index in [-0.39, 0.29) is 40.4 Å². The lowest BCUT2D eigenvalue weighted by Gasteiger charge is -2.58. The van der Waals surface area contributed by atoms with E-state index in [0.717, 1.165) is 74.2 Å². The Balaban J connectivity index is 0.000000134. The predicted octanol–water partition coefficient (Wildman–Crippen LogP) is 3.48. The van der Waals surface area contributed by atoms with Crippen molar-refractivity contribution in [2.75, 3.05) is 41.5 Å². The summed E-state index contributed by atoms with van der Waals surface area (Å²) < 4.78 is 22.5. The molecular formula is C36H44N2O7. The molecule has 2 N–H and O–H groups in total. The van der Waals surface area contributed by atoms with E-state index in [0.29, 0.717) is 42.5 Å². The normalized spacial score (nSPS) is 36.9. The molecule has 4 fully saturated rings. The third-order valence-corrected chi connectivity index (χ3v) is 12.7. The van der Waals surface area contributed by atoms with E-state index in [4.69, 9.17) is 18.9 Å². The molecule has 3 heterocycles. The maximum absolute atomic E-state index is 12.7. The molecule has 9 heteroatoms. The Bertz CT molecular complexity index is 1570. The van der Waals surface area contributed by atoms with Crippen molar-refractivity contribution in [1.29, 1.82) is 0 Å². The number of carbonyl (C=O) groups excluding carboxylic acids is 2. The first-order chi connectivity index (χ1) is 21.8. The number of methoxy groups -OCH3 is 3. The van der Waals surface area contributed by atoms with Gasteiger partial charge in [0.1, 0.15) is 6.10 Å². The minimum atomic E-state index is -0.313. The zero-order chi connectivity index (χ0) is 31.2. The molecule has 0 amide bonds. The molecule has 2 aromatic rings. The highest BCUT2D eigenvalue weighted by molar-refractivity contribution is 5.89. The number of Topliss-reactive ketones (excluding diaryl/α,β-unsaturated/α-hetero) is 2. The predicted molar refractivity (Wildman–Crippen MR) is 167 cm³/mol. The summed E-state index contributed by atoms with van der Waals surface area (Å²) in [4.78, 5) is 27.6.